The molecule has 4 nitrogen and oxygen atoms in total. The number of nitrogens with zero attached hydrogens (tertiary/aromatic N) is 2. The monoisotopic (exact) mass is 462 g/mol. The molecule has 0 saturated heterocycles. The van der Waals surface area contributed by atoms with Gasteiger partial charge in [-0.05, 0) is 18.2 Å². The third kappa shape index (κ3) is 4.13. The topological polar surface area (TPSA) is 41.9 Å². The van der Waals surface area contributed by atoms with Crippen molar-refractivity contribution in [1.82, 2.24) is 5.01 Å². The summed E-state index contributed by atoms with van der Waals surface area (Å²) in [7, 11) is 1.48. The number of para-hydroxylation sites is 1. The summed E-state index contributed by atoms with van der Waals surface area (Å²) in [5.41, 5.74) is 0.367. The summed E-state index contributed by atoms with van der Waals surface area (Å²) in [4.78, 5) is 13.2. The number of hydrazone groups is 1. The molecule has 1 aliphatic rings. The number of ether oxygens (including phenoxy) is 1. The molecule has 0 aliphatic carbocycles. The van der Waals surface area contributed by atoms with Gasteiger partial charge in [0.05, 0.1) is 7.11 Å². The first-order chi connectivity index (χ1) is 14.9. The highest BCUT2D eigenvalue weighted by atomic mass is 35.5. The van der Waals surface area contributed by atoms with Gasteiger partial charge in [0.2, 0.25) is 0 Å². The maximum atomic E-state index is 14.3. The molecule has 3 aromatic rings. The van der Waals surface area contributed by atoms with Crippen LogP contribution < -0.4 is 4.74 Å². The molecule has 3 aromatic carbocycles. The molecule has 1 heterocycles. The highest BCUT2D eigenvalue weighted by Gasteiger charge is 2.38. The van der Waals surface area contributed by atoms with Gasteiger partial charge in [0.25, 0.3) is 5.91 Å². The van der Waals surface area contributed by atoms with Crippen LogP contribution in [0.5, 0.6) is 5.75 Å². The Balaban J connectivity index is 1.81. The van der Waals surface area contributed by atoms with E-state index in [9.17, 15) is 18.0 Å². The van der Waals surface area contributed by atoms with Gasteiger partial charge in [-0.1, -0.05) is 53.7 Å². The van der Waals surface area contributed by atoms with Crippen LogP contribution >= 0.6 is 23.4 Å². The van der Waals surface area contributed by atoms with Crippen LogP contribution in [0.4, 0.5) is 13.2 Å². The number of carbonyl (C=O) groups excluding carboxylic acids is 1. The maximum absolute atomic E-state index is 14.3. The lowest BCUT2D eigenvalue weighted by molar-refractivity contribution is 0.0738. The smallest absolute Gasteiger partial charge is 0.281 e. The lowest BCUT2D eigenvalue weighted by atomic mass is 10.1. The standard InChI is InChI=1S/C22H14ClF3N2O2S/c1-30-18-5-3-2-4-15(18)22-28(21(29)19-16(25)10-14(24)11-17(19)26)27-20(31-22)12-6-8-13(23)9-7-12/h2-11,22H,1H3. The van der Waals surface area contributed by atoms with Gasteiger partial charge >= 0.3 is 0 Å². The number of methoxy groups -OCH3 is 1. The SMILES string of the molecule is COc1ccccc1C1SC(c2ccc(Cl)cc2)=NN1C(=O)c1c(F)cc(F)cc1F. The Hall–Kier alpha value is -2.97. The summed E-state index contributed by atoms with van der Waals surface area (Å²) < 4.78 is 47.4. The molecule has 0 bridgehead atoms. The number of hydrogen-bond donors (Lipinski definition) is 0. The van der Waals surface area contributed by atoms with Crippen molar-refractivity contribution in [1.29, 1.82) is 0 Å². The van der Waals surface area contributed by atoms with Crippen molar-refractivity contribution in [3.63, 3.8) is 0 Å². The highest BCUT2D eigenvalue weighted by Crippen LogP contribution is 2.45. The van der Waals surface area contributed by atoms with Crippen molar-refractivity contribution in [2.75, 3.05) is 7.11 Å². The average molecular weight is 463 g/mol. The van der Waals surface area contributed by atoms with E-state index in [4.69, 9.17) is 16.3 Å². The van der Waals surface area contributed by atoms with E-state index in [1.807, 2.05) is 0 Å². The Morgan fingerprint density at radius 2 is 1.71 bits per heavy atom. The molecule has 158 valence electrons. The van der Waals surface area contributed by atoms with Crippen LogP contribution in [0.2, 0.25) is 5.02 Å². The van der Waals surface area contributed by atoms with Crippen LogP contribution in [0.3, 0.4) is 0 Å². The summed E-state index contributed by atoms with van der Waals surface area (Å²) in [5.74, 6) is -4.29. The van der Waals surface area contributed by atoms with E-state index in [1.165, 1.54) is 18.9 Å². The summed E-state index contributed by atoms with van der Waals surface area (Å²) in [6.07, 6.45) is 0. The third-order valence-electron chi connectivity index (χ3n) is 4.57. The van der Waals surface area contributed by atoms with E-state index < -0.39 is 34.3 Å². The lowest BCUT2D eigenvalue weighted by Gasteiger charge is -2.23. The van der Waals surface area contributed by atoms with Crippen molar-refractivity contribution in [2.45, 2.75) is 5.37 Å². The largest absolute Gasteiger partial charge is 0.496 e. The first-order valence-corrected chi connectivity index (χ1v) is 10.3. The molecule has 1 aliphatic heterocycles. The fourth-order valence-electron chi connectivity index (χ4n) is 3.13. The molecular formula is C22H14ClF3N2O2S. The van der Waals surface area contributed by atoms with Crippen molar-refractivity contribution in [3.8, 4) is 5.75 Å². The zero-order valence-electron chi connectivity index (χ0n) is 16.0. The number of amides is 1. The molecule has 4 rings (SSSR count). The van der Waals surface area contributed by atoms with Crippen LogP contribution in [-0.4, -0.2) is 23.1 Å². The van der Waals surface area contributed by atoms with E-state index in [2.05, 4.69) is 5.10 Å². The summed E-state index contributed by atoms with van der Waals surface area (Å²) >= 11 is 7.16. The predicted molar refractivity (Wildman–Crippen MR) is 114 cm³/mol. The van der Waals surface area contributed by atoms with Crippen LogP contribution in [0.15, 0.2) is 65.8 Å². The van der Waals surface area contributed by atoms with Crippen LogP contribution in [-0.2, 0) is 0 Å². The van der Waals surface area contributed by atoms with E-state index in [-0.39, 0.29) is 0 Å². The highest BCUT2D eigenvalue weighted by molar-refractivity contribution is 8.14. The molecule has 0 saturated carbocycles. The maximum Gasteiger partial charge on any atom is 0.281 e. The average Bonchev–Trinajstić information content (AvgIpc) is 3.18. The Morgan fingerprint density at radius 1 is 1.06 bits per heavy atom. The number of hydrogen-bond acceptors (Lipinski definition) is 4. The van der Waals surface area contributed by atoms with Gasteiger partial charge in [0.15, 0.2) is 0 Å². The number of rotatable bonds is 4. The molecule has 1 atom stereocenters. The first kappa shape index (κ1) is 21.3. The minimum absolute atomic E-state index is 0.448. The fraction of sp³-hybridized carbons (Fsp3) is 0.0909. The molecule has 1 unspecified atom stereocenters. The summed E-state index contributed by atoms with van der Waals surface area (Å²) in [5, 5.41) is 5.53. The van der Waals surface area contributed by atoms with Gasteiger partial charge < -0.3 is 4.74 Å². The second-order valence-electron chi connectivity index (χ2n) is 6.52. The number of carbonyl (C=O) groups is 1. The van der Waals surface area contributed by atoms with Crippen molar-refractivity contribution >= 4 is 34.3 Å². The van der Waals surface area contributed by atoms with Gasteiger partial charge in [-0.2, -0.15) is 5.10 Å². The second-order valence-corrected chi connectivity index (χ2v) is 8.02. The third-order valence-corrected chi connectivity index (χ3v) is 6.04. The van der Waals surface area contributed by atoms with Gasteiger partial charge in [0, 0.05) is 28.3 Å². The zero-order valence-corrected chi connectivity index (χ0v) is 17.6. The molecule has 0 aromatic heterocycles. The Bertz CT molecular complexity index is 1160. The van der Waals surface area contributed by atoms with Crippen LogP contribution in [0, 0.1) is 17.5 Å². The van der Waals surface area contributed by atoms with Gasteiger partial charge in [-0.3, -0.25) is 4.79 Å². The molecule has 0 radical (unpaired) electrons. The van der Waals surface area contributed by atoms with E-state index in [0.29, 0.717) is 39.1 Å². The van der Waals surface area contributed by atoms with Crippen LogP contribution in [0.1, 0.15) is 26.9 Å². The first-order valence-electron chi connectivity index (χ1n) is 9.01. The molecule has 31 heavy (non-hydrogen) atoms. The number of benzene rings is 3. The van der Waals surface area contributed by atoms with Gasteiger partial charge in [0.1, 0.15) is 39.2 Å². The predicted octanol–water partition coefficient (Wildman–Crippen LogP) is 6.02. The van der Waals surface area contributed by atoms with Gasteiger partial charge in [-0.15, -0.1) is 0 Å². The van der Waals surface area contributed by atoms with E-state index >= 15 is 0 Å². The number of halogens is 4. The Labute approximate surface area is 185 Å². The second kappa shape index (κ2) is 8.64. The van der Waals surface area contributed by atoms with Crippen molar-refractivity contribution in [3.05, 3.63) is 99.8 Å². The molecule has 0 fully saturated rings. The molecule has 0 spiro atoms. The van der Waals surface area contributed by atoms with E-state index in [0.717, 1.165) is 5.01 Å². The quantitative estimate of drug-likeness (QED) is 0.476. The Kier molecular flexibility index (Phi) is 5.93. The van der Waals surface area contributed by atoms with E-state index in [1.54, 1.807) is 48.5 Å². The van der Waals surface area contributed by atoms with Crippen molar-refractivity contribution in [2.24, 2.45) is 5.10 Å². The summed E-state index contributed by atoms with van der Waals surface area (Å²) in [6.45, 7) is 0. The fourth-order valence-corrected chi connectivity index (χ4v) is 4.44. The molecule has 0 N–H and O–H groups in total. The molecule has 9 heteroatoms. The summed E-state index contributed by atoms with van der Waals surface area (Å²) in [6, 6.07) is 14.6. The van der Waals surface area contributed by atoms with Crippen molar-refractivity contribution < 1.29 is 22.7 Å². The minimum atomic E-state index is -1.30. The number of thioether (sulfide) groups is 1. The normalized spacial score (nSPS) is 15.7. The minimum Gasteiger partial charge on any atom is -0.496 e. The van der Waals surface area contributed by atoms with Crippen LogP contribution in [0.25, 0.3) is 0 Å². The zero-order chi connectivity index (χ0) is 22.1. The molecule has 1 amide bonds. The Morgan fingerprint density at radius 3 is 2.35 bits per heavy atom. The van der Waals surface area contributed by atoms with Gasteiger partial charge in [-0.25, -0.2) is 18.2 Å². The molecular weight excluding hydrogens is 449 g/mol. The lowest BCUT2D eigenvalue weighted by Crippen LogP contribution is -2.28.